The average molecular weight is 491 g/mol. The van der Waals surface area contributed by atoms with Crippen LogP contribution in [0.2, 0.25) is 0 Å². The molecule has 1 N–H and O–H groups in total. The van der Waals surface area contributed by atoms with Crippen molar-refractivity contribution in [2.45, 2.75) is 64.4 Å². The van der Waals surface area contributed by atoms with E-state index >= 15 is 0 Å². The lowest BCUT2D eigenvalue weighted by Crippen LogP contribution is -2.46. The summed E-state index contributed by atoms with van der Waals surface area (Å²) in [6, 6.07) is 7.59. The first-order valence-electron chi connectivity index (χ1n) is 11.9. The number of rotatable bonds is 10. The van der Waals surface area contributed by atoms with Crippen molar-refractivity contribution < 1.29 is 14.3 Å². The highest BCUT2D eigenvalue weighted by molar-refractivity contribution is 5.86. The van der Waals surface area contributed by atoms with E-state index in [0.717, 1.165) is 52.1 Å². The number of anilines is 1. The third kappa shape index (κ3) is 10.2. The van der Waals surface area contributed by atoms with Gasteiger partial charge in [-0.1, -0.05) is 38.3 Å². The van der Waals surface area contributed by atoms with Gasteiger partial charge in [0.15, 0.2) is 0 Å². The Bertz CT molecular complexity index is 619. The van der Waals surface area contributed by atoms with Crippen molar-refractivity contribution in [2.75, 3.05) is 51.2 Å². The molecular formula is C24H41Cl2N3O3. The fraction of sp³-hybridized carbons (Fsp3) is 0.708. The summed E-state index contributed by atoms with van der Waals surface area (Å²) >= 11 is 0. The van der Waals surface area contributed by atoms with Crippen molar-refractivity contribution in [3.63, 3.8) is 0 Å². The molecule has 1 aromatic carbocycles. The highest BCUT2D eigenvalue weighted by Gasteiger charge is 2.24. The van der Waals surface area contributed by atoms with E-state index in [-0.39, 0.29) is 37.0 Å². The van der Waals surface area contributed by atoms with Gasteiger partial charge in [0, 0.05) is 13.1 Å². The van der Waals surface area contributed by atoms with Crippen molar-refractivity contribution in [3.8, 4) is 5.75 Å². The van der Waals surface area contributed by atoms with Crippen LogP contribution in [-0.2, 0) is 4.74 Å². The molecule has 0 saturated carbocycles. The molecular weight excluding hydrogens is 449 g/mol. The van der Waals surface area contributed by atoms with Crippen LogP contribution in [-0.4, -0.2) is 67.9 Å². The topological polar surface area (TPSA) is 54.0 Å². The number of benzene rings is 1. The fourth-order valence-corrected chi connectivity index (χ4v) is 4.31. The van der Waals surface area contributed by atoms with Crippen LogP contribution in [0.5, 0.6) is 5.75 Å². The van der Waals surface area contributed by atoms with Gasteiger partial charge in [-0.3, -0.25) is 15.1 Å². The molecule has 0 bridgehead atoms. The summed E-state index contributed by atoms with van der Waals surface area (Å²) < 4.78 is 11.8. The van der Waals surface area contributed by atoms with Crippen LogP contribution >= 0.6 is 24.8 Å². The van der Waals surface area contributed by atoms with E-state index in [9.17, 15) is 4.79 Å². The molecule has 8 heteroatoms. The molecule has 0 aromatic heterocycles. The van der Waals surface area contributed by atoms with Gasteiger partial charge in [0.25, 0.3) is 0 Å². The van der Waals surface area contributed by atoms with Crippen LogP contribution in [0.1, 0.15) is 58.3 Å². The molecule has 0 radical (unpaired) electrons. The van der Waals surface area contributed by atoms with Crippen LogP contribution in [0.4, 0.5) is 10.5 Å². The van der Waals surface area contributed by atoms with E-state index in [0.29, 0.717) is 18.0 Å². The Labute approximate surface area is 206 Å². The van der Waals surface area contributed by atoms with Gasteiger partial charge >= 0.3 is 6.09 Å². The number of likely N-dealkylation sites (tertiary alicyclic amines) is 2. The summed E-state index contributed by atoms with van der Waals surface area (Å²) in [5.74, 6) is 0.700. The second-order valence-corrected chi connectivity index (χ2v) is 8.57. The molecule has 3 rings (SSSR count). The molecule has 32 heavy (non-hydrogen) atoms. The average Bonchev–Trinajstić information content (AvgIpc) is 2.76. The number of amides is 1. The molecule has 1 amide bonds. The molecule has 2 heterocycles. The normalized spacial score (nSPS) is 17.2. The molecule has 0 aliphatic carbocycles. The van der Waals surface area contributed by atoms with Crippen LogP contribution in [0.3, 0.4) is 0 Å². The lowest BCUT2D eigenvalue weighted by Gasteiger charge is -2.34. The minimum atomic E-state index is -0.388. The summed E-state index contributed by atoms with van der Waals surface area (Å²) in [6.07, 6.45) is 9.15. The second-order valence-electron chi connectivity index (χ2n) is 8.57. The highest BCUT2D eigenvalue weighted by Crippen LogP contribution is 2.24. The third-order valence-electron chi connectivity index (χ3n) is 5.97. The van der Waals surface area contributed by atoms with Gasteiger partial charge < -0.3 is 9.47 Å². The number of para-hydroxylation sites is 2. The Morgan fingerprint density at radius 1 is 0.938 bits per heavy atom. The van der Waals surface area contributed by atoms with Gasteiger partial charge in [-0.25, -0.2) is 4.79 Å². The fourth-order valence-electron chi connectivity index (χ4n) is 4.31. The molecule has 0 spiro atoms. The van der Waals surface area contributed by atoms with E-state index in [1.807, 2.05) is 24.3 Å². The van der Waals surface area contributed by atoms with Gasteiger partial charge in [-0.15, -0.1) is 24.8 Å². The molecule has 0 atom stereocenters. The van der Waals surface area contributed by atoms with Crippen molar-refractivity contribution in [3.05, 3.63) is 24.3 Å². The number of nitrogens with one attached hydrogen (secondary N) is 1. The summed E-state index contributed by atoms with van der Waals surface area (Å²) in [7, 11) is 0. The Hall–Kier alpha value is -1.21. The zero-order valence-corrected chi connectivity index (χ0v) is 21.1. The molecule has 184 valence electrons. The first kappa shape index (κ1) is 28.8. The van der Waals surface area contributed by atoms with Crippen molar-refractivity contribution in [1.82, 2.24) is 9.80 Å². The summed E-state index contributed by atoms with van der Waals surface area (Å²) in [4.78, 5) is 17.7. The second kappa shape index (κ2) is 16.4. The van der Waals surface area contributed by atoms with E-state index in [1.54, 1.807) is 0 Å². The number of nitrogens with zero attached hydrogens (tertiary/aromatic N) is 2. The van der Waals surface area contributed by atoms with Gasteiger partial charge in [0.1, 0.15) is 11.9 Å². The third-order valence-corrected chi connectivity index (χ3v) is 5.97. The maximum absolute atomic E-state index is 12.8. The smallest absolute Gasteiger partial charge is 0.412 e. The number of hydrogen-bond donors (Lipinski definition) is 1. The molecule has 2 aliphatic heterocycles. The molecule has 2 saturated heterocycles. The predicted molar refractivity (Wildman–Crippen MR) is 136 cm³/mol. The summed E-state index contributed by atoms with van der Waals surface area (Å²) in [5.41, 5.74) is 0.674. The molecule has 2 fully saturated rings. The van der Waals surface area contributed by atoms with Crippen LogP contribution < -0.4 is 10.1 Å². The van der Waals surface area contributed by atoms with Crippen molar-refractivity contribution in [2.24, 2.45) is 0 Å². The van der Waals surface area contributed by atoms with Crippen LogP contribution in [0.15, 0.2) is 24.3 Å². The Kier molecular flexibility index (Phi) is 14.8. The first-order chi connectivity index (χ1) is 14.7. The zero-order chi connectivity index (χ0) is 21.0. The van der Waals surface area contributed by atoms with Crippen molar-refractivity contribution >= 4 is 36.6 Å². The molecule has 1 aromatic rings. The summed E-state index contributed by atoms with van der Waals surface area (Å²) in [5, 5.41) is 2.92. The van der Waals surface area contributed by atoms with Gasteiger partial charge in [-0.2, -0.15) is 0 Å². The quantitative estimate of drug-likeness (QED) is 0.433. The van der Waals surface area contributed by atoms with Gasteiger partial charge in [0.2, 0.25) is 0 Å². The minimum Gasteiger partial charge on any atom is -0.491 e. The largest absolute Gasteiger partial charge is 0.491 e. The monoisotopic (exact) mass is 489 g/mol. The van der Waals surface area contributed by atoms with Crippen molar-refractivity contribution in [1.29, 1.82) is 0 Å². The lowest BCUT2D eigenvalue weighted by molar-refractivity contribution is 0.0438. The maximum Gasteiger partial charge on any atom is 0.412 e. The van der Waals surface area contributed by atoms with Crippen LogP contribution in [0.25, 0.3) is 0 Å². The predicted octanol–water partition coefficient (Wildman–Crippen LogP) is 5.60. The lowest BCUT2D eigenvalue weighted by atomic mass is 10.1. The SMILES string of the molecule is CCCCOc1ccccc1NC(=O)OC(CN1CCCCC1)CN1CCCCC1.Cl.Cl. The Morgan fingerprint density at radius 3 is 2.06 bits per heavy atom. The number of unbranched alkanes of at least 4 members (excludes halogenated alkanes) is 1. The van der Waals surface area contributed by atoms with Crippen LogP contribution in [0, 0.1) is 0 Å². The Morgan fingerprint density at radius 2 is 1.50 bits per heavy atom. The van der Waals surface area contributed by atoms with Gasteiger partial charge in [-0.05, 0) is 70.4 Å². The number of carbonyl (C=O) groups is 1. The molecule has 6 nitrogen and oxygen atoms in total. The molecule has 0 unspecified atom stereocenters. The maximum atomic E-state index is 12.8. The number of carbonyl (C=O) groups excluding carboxylic acids is 1. The zero-order valence-electron chi connectivity index (χ0n) is 19.4. The molecule has 2 aliphatic rings. The summed E-state index contributed by atoms with van der Waals surface area (Å²) in [6.45, 7) is 8.85. The minimum absolute atomic E-state index is 0. The number of piperidine rings is 2. The Balaban J connectivity index is 0.00000256. The number of hydrogen-bond acceptors (Lipinski definition) is 5. The number of halogens is 2. The number of ether oxygens (including phenoxy) is 2. The van der Waals surface area contributed by atoms with E-state index in [2.05, 4.69) is 22.0 Å². The standard InChI is InChI=1S/C24H39N3O3.2ClH/c1-2-3-18-29-23-13-7-6-12-22(23)25-24(28)30-21(19-26-14-8-4-9-15-26)20-27-16-10-5-11-17-27;;/h6-7,12-13,21H,2-5,8-11,14-20H2,1H3,(H,25,28);2*1H. The highest BCUT2D eigenvalue weighted by atomic mass is 35.5. The van der Waals surface area contributed by atoms with E-state index in [4.69, 9.17) is 9.47 Å². The van der Waals surface area contributed by atoms with Gasteiger partial charge in [0.05, 0.1) is 12.3 Å². The first-order valence-corrected chi connectivity index (χ1v) is 11.9. The van der Waals surface area contributed by atoms with E-state index in [1.165, 1.54) is 38.5 Å². The van der Waals surface area contributed by atoms with E-state index < -0.39 is 0 Å².